The van der Waals surface area contributed by atoms with Gasteiger partial charge in [-0.2, -0.15) is 0 Å². The molecular weight excluding hydrogens is 414 g/mol. The van der Waals surface area contributed by atoms with Crippen molar-refractivity contribution in [1.82, 2.24) is 0 Å². The number of anilines is 1. The molecule has 0 spiro atoms. The van der Waals surface area contributed by atoms with Crippen molar-refractivity contribution in [1.29, 1.82) is 0 Å². The molecule has 2 aromatic carbocycles. The first-order chi connectivity index (χ1) is 15.2. The summed E-state index contributed by atoms with van der Waals surface area (Å²) in [6.45, 7) is 3.77. The third-order valence-corrected chi connectivity index (χ3v) is 6.46. The Hall–Kier alpha value is -2.66. The largest absolute Gasteiger partial charge is 0.494 e. The molecule has 1 aliphatic carbocycles. The summed E-state index contributed by atoms with van der Waals surface area (Å²) < 4.78 is 17.8. The highest BCUT2D eigenvalue weighted by molar-refractivity contribution is 6.33. The average Bonchev–Trinajstić information content (AvgIpc) is 2.80. The Morgan fingerprint density at radius 3 is 2.81 bits per heavy atom. The zero-order valence-corrected chi connectivity index (χ0v) is 18.5. The maximum atomic E-state index is 12.7. The summed E-state index contributed by atoms with van der Waals surface area (Å²) in [6, 6.07) is 9.91. The van der Waals surface area contributed by atoms with Crippen LogP contribution in [0.3, 0.4) is 0 Å². The van der Waals surface area contributed by atoms with E-state index in [0.29, 0.717) is 36.2 Å². The van der Waals surface area contributed by atoms with E-state index in [9.17, 15) is 4.79 Å². The van der Waals surface area contributed by atoms with Gasteiger partial charge >= 0.3 is 5.63 Å². The molecule has 0 saturated heterocycles. The molecule has 0 unspecified atom stereocenters. The summed E-state index contributed by atoms with van der Waals surface area (Å²) in [7, 11) is 0. The normalized spacial score (nSPS) is 15.4. The fourth-order valence-corrected chi connectivity index (χ4v) is 4.82. The van der Waals surface area contributed by atoms with Gasteiger partial charge < -0.3 is 18.8 Å². The number of benzene rings is 2. The first-order valence-corrected chi connectivity index (χ1v) is 11.4. The molecule has 1 aromatic heterocycles. The molecule has 2 aliphatic rings. The third kappa shape index (κ3) is 3.76. The average molecular weight is 440 g/mol. The zero-order chi connectivity index (χ0) is 21.4. The molecule has 0 fully saturated rings. The molecule has 0 N–H and O–H groups in total. The van der Waals surface area contributed by atoms with Gasteiger partial charge in [-0.1, -0.05) is 31.0 Å². The maximum absolute atomic E-state index is 12.7. The molecule has 2 heterocycles. The van der Waals surface area contributed by atoms with Crippen molar-refractivity contribution in [3.05, 3.63) is 62.5 Å². The topological polar surface area (TPSA) is 51.9 Å². The van der Waals surface area contributed by atoms with E-state index in [0.717, 1.165) is 72.0 Å². The van der Waals surface area contributed by atoms with Crippen LogP contribution in [0.25, 0.3) is 11.0 Å². The van der Waals surface area contributed by atoms with Gasteiger partial charge in [-0.05, 0) is 55.9 Å². The van der Waals surface area contributed by atoms with Crippen molar-refractivity contribution in [2.24, 2.45) is 0 Å². The monoisotopic (exact) mass is 439 g/mol. The number of halogens is 1. The van der Waals surface area contributed by atoms with Gasteiger partial charge in [0, 0.05) is 22.7 Å². The van der Waals surface area contributed by atoms with Gasteiger partial charge in [0.05, 0.1) is 23.7 Å². The molecule has 5 rings (SSSR count). The fraction of sp³-hybridized carbons (Fsp3) is 0.400. The number of ether oxygens (including phenoxy) is 2. The lowest BCUT2D eigenvalue weighted by atomic mass is 9.90. The number of hydrogen-bond acceptors (Lipinski definition) is 5. The van der Waals surface area contributed by atoms with E-state index in [-0.39, 0.29) is 5.63 Å². The first kappa shape index (κ1) is 20.3. The summed E-state index contributed by atoms with van der Waals surface area (Å²) >= 11 is 6.61. The van der Waals surface area contributed by atoms with Crippen LogP contribution < -0.4 is 20.0 Å². The van der Waals surface area contributed by atoms with Gasteiger partial charge in [0.15, 0.2) is 6.73 Å². The number of fused-ring (bicyclic) bond motifs is 5. The highest BCUT2D eigenvalue weighted by Gasteiger charge is 2.27. The number of aryl methyl sites for hydroxylation is 1. The van der Waals surface area contributed by atoms with Gasteiger partial charge in [-0.3, -0.25) is 0 Å². The summed E-state index contributed by atoms with van der Waals surface area (Å²) in [6.07, 6.45) is 5.88. The van der Waals surface area contributed by atoms with Crippen molar-refractivity contribution < 1.29 is 13.9 Å². The Bertz CT molecular complexity index is 1190. The van der Waals surface area contributed by atoms with E-state index in [1.807, 2.05) is 30.3 Å². The van der Waals surface area contributed by atoms with E-state index in [4.69, 9.17) is 25.5 Å². The number of unbranched alkanes of at least 4 members (excludes halogenated alkanes) is 1. The molecule has 0 bridgehead atoms. The van der Waals surface area contributed by atoms with E-state index >= 15 is 0 Å². The van der Waals surface area contributed by atoms with Gasteiger partial charge in [0.2, 0.25) is 0 Å². The van der Waals surface area contributed by atoms with Crippen molar-refractivity contribution >= 4 is 28.3 Å². The summed E-state index contributed by atoms with van der Waals surface area (Å²) in [4.78, 5) is 14.8. The van der Waals surface area contributed by atoms with Crippen LogP contribution in [0.1, 0.15) is 49.3 Å². The van der Waals surface area contributed by atoms with Gasteiger partial charge in [-0.25, -0.2) is 4.79 Å². The molecule has 0 atom stereocenters. The predicted octanol–water partition coefficient (Wildman–Crippen LogP) is 5.86. The second kappa shape index (κ2) is 8.46. The lowest BCUT2D eigenvalue weighted by molar-refractivity contribution is 0.288. The minimum Gasteiger partial charge on any atom is -0.494 e. The number of hydrogen-bond donors (Lipinski definition) is 0. The molecule has 5 nitrogen and oxygen atoms in total. The standard InChI is InChI=1S/C25H26ClNO4/c1-2-3-11-29-17-8-6-7-16(12-17)27-14-21-23-20(13-22(26)24(21)30-15-27)18-9-4-5-10-19(18)25(28)31-23/h6-8,12-13H,2-5,9-11,14-15H2,1H3. The van der Waals surface area contributed by atoms with Crippen LogP contribution in [0.5, 0.6) is 11.5 Å². The summed E-state index contributed by atoms with van der Waals surface area (Å²) in [5.74, 6) is 1.45. The molecular formula is C25H26ClNO4. The minimum atomic E-state index is -0.227. The SMILES string of the molecule is CCCCOc1cccc(N2COc3c(Cl)cc4c5c(c(=O)oc4c3C2)CCCC5)c1. The third-order valence-electron chi connectivity index (χ3n) is 6.18. The van der Waals surface area contributed by atoms with E-state index < -0.39 is 0 Å². The smallest absolute Gasteiger partial charge is 0.339 e. The van der Waals surface area contributed by atoms with Crippen molar-refractivity contribution in [3.63, 3.8) is 0 Å². The molecule has 0 amide bonds. The van der Waals surface area contributed by atoms with Gasteiger partial charge in [0.25, 0.3) is 0 Å². The second-order valence-electron chi connectivity index (χ2n) is 8.27. The summed E-state index contributed by atoms with van der Waals surface area (Å²) in [5.41, 5.74) is 4.09. The first-order valence-electron chi connectivity index (χ1n) is 11.1. The Balaban J connectivity index is 1.53. The Kier molecular flexibility index (Phi) is 5.53. The summed E-state index contributed by atoms with van der Waals surface area (Å²) in [5, 5.41) is 1.51. The van der Waals surface area contributed by atoms with Crippen molar-refractivity contribution in [2.45, 2.75) is 52.0 Å². The molecule has 31 heavy (non-hydrogen) atoms. The zero-order valence-electron chi connectivity index (χ0n) is 17.7. The van der Waals surface area contributed by atoms with E-state index in [2.05, 4.69) is 11.8 Å². The number of nitrogens with zero attached hydrogens (tertiary/aromatic N) is 1. The molecule has 6 heteroatoms. The molecule has 0 radical (unpaired) electrons. The molecule has 1 aliphatic heterocycles. The van der Waals surface area contributed by atoms with Crippen LogP contribution >= 0.6 is 11.6 Å². The van der Waals surface area contributed by atoms with Crippen LogP contribution in [0.15, 0.2) is 39.5 Å². The van der Waals surface area contributed by atoms with E-state index in [1.54, 1.807) is 0 Å². The Morgan fingerprint density at radius 2 is 1.97 bits per heavy atom. The Labute approximate surface area is 186 Å². The predicted molar refractivity (Wildman–Crippen MR) is 123 cm³/mol. The van der Waals surface area contributed by atoms with E-state index in [1.165, 1.54) is 0 Å². The lowest BCUT2D eigenvalue weighted by Crippen LogP contribution is -2.32. The quantitative estimate of drug-likeness (QED) is 0.368. The highest BCUT2D eigenvalue weighted by Crippen LogP contribution is 2.41. The van der Waals surface area contributed by atoms with Crippen LogP contribution in [-0.4, -0.2) is 13.3 Å². The fourth-order valence-electron chi connectivity index (χ4n) is 4.54. The molecule has 3 aromatic rings. The molecule has 0 saturated carbocycles. The van der Waals surface area contributed by atoms with Crippen molar-refractivity contribution in [2.75, 3.05) is 18.2 Å². The lowest BCUT2D eigenvalue weighted by Gasteiger charge is -2.32. The minimum absolute atomic E-state index is 0.227. The second-order valence-corrected chi connectivity index (χ2v) is 8.67. The maximum Gasteiger partial charge on any atom is 0.339 e. The Morgan fingerprint density at radius 1 is 1.13 bits per heavy atom. The van der Waals surface area contributed by atoms with Crippen LogP contribution in [0.4, 0.5) is 5.69 Å². The van der Waals surface area contributed by atoms with Gasteiger partial charge in [0.1, 0.15) is 17.1 Å². The van der Waals surface area contributed by atoms with Crippen molar-refractivity contribution in [3.8, 4) is 11.5 Å². The highest BCUT2D eigenvalue weighted by atomic mass is 35.5. The van der Waals surface area contributed by atoms with Crippen LogP contribution in [0.2, 0.25) is 5.02 Å². The molecule has 162 valence electrons. The van der Waals surface area contributed by atoms with Crippen LogP contribution in [0, 0.1) is 0 Å². The van der Waals surface area contributed by atoms with Gasteiger partial charge in [-0.15, -0.1) is 0 Å². The van der Waals surface area contributed by atoms with Crippen LogP contribution in [-0.2, 0) is 19.4 Å². The number of rotatable bonds is 5.